The Labute approximate surface area is 235 Å². The van der Waals surface area contributed by atoms with E-state index in [0.29, 0.717) is 51.0 Å². The van der Waals surface area contributed by atoms with Gasteiger partial charge in [-0.3, -0.25) is 9.59 Å². The number of aliphatic hydroxyl groups is 1. The number of piperidine rings is 1. The molecule has 3 unspecified atom stereocenters. The molecule has 202 valence electrons. The molecule has 1 saturated heterocycles. The highest BCUT2D eigenvalue weighted by Gasteiger charge is 2.62. The van der Waals surface area contributed by atoms with Crippen LogP contribution < -0.4 is 15.4 Å². The molecule has 1 aliphatic carbocycles. The molecule has 39 heavy (non-hydrogen) atoms. The van der Waals surface area contributed by atoms with Gasteiger partial charge >= 0.3 is 0 Å². The van der Waals surface area contributed by atoms with Gasteiger partial charge in [0.1, 0.15) is 22.6 Å². The number of fused-ring (bicyclic) bond motifs is 2. The zero-order valence-corrected chi connectivity index (χ0v) is 22.7. The number of rotatable bonds is 5. The number of carbonyl (C=O) groups excluding carboxylic acids is 2. The quantitative estimate of drug-likeness (QED) is 0.354. The summed E-state index contributed by atoms with van der Waals surface area (Å²) >= 11 is 12.8. The number of hydrogen-bond donors (Lipinski definition) is 3. The van der Waals surface area contributed by atoms with E-state index in [2.05, 4.69) is 10.6 Å². The first-order valence-corrected chi connectivity index (χ1v) is 13.7. The Morgan fingerprint density at radius 2 is 1.77 bits per heavy atom. The number of ether oxygens (including phenoxy) is 1. The van der Waals surface area contributed by atoms with E-state index in [9.17, 15) is 19.1 Å². The van der Waals surface area contributed by atoms with Gasteiger partial charge in [0.05, 0.1) is 12.6 Å². The van der Waals surface area contributed by atoms with Crippen molar-refractivity contribution in [3.8, 4) is 5.75 Å². The monoisotopic (exact) mass is 568 g/mol. The van der Waals surface area contributed by atoms with Crippen LogP contribution in [0.5, 0.6) is 5.75 Å². The fraction of sp³-hybridized carbons (Fsp3) is 0.333. The molecular formula is C30H27Cl2FN2O4. The van der Waals surface area contributed by atoms with Crippen molar-refractivity contribution >= 4 is 40.7 Å². The van der Waals surface area contributed by atoms with Crippen LogP contribution in [0.3, 0.4) is 0 Å². The Hall–Kier alpha value is -3.13. The number of hydrogen-bond acceptors (Lipinski definition) is 4. The standard InChI is InChI=1S/C30H27Cl2FN2O4/c1-16-3-6-19(33)13-20(16)27-30(22-7-4-18(32)12-24(22)34-28(30)38)23(14-26(37)35-27)21-11-17(31)5-8-25(21)39-29(15-36)9-2-10-29/h3-8,11-13,23,27,36H,2,9-10,14-15H2,1H3,(H,34,38)(H,35,37). The molecule has 0 aromatic heterocycles. The summed E-state index contributed by atoms with van der Waals surface area (Å²) in [4.78, 5) is 27.7. The predicted molar refractivity (Wildman–Crippen MR) is 147 cm³/mol. The summed E-state index contributed by atoms with van der Waals surface area (Å²) in [5.74, 6) is -1.38. The summed E-state index contributed by atoms with van der Waals surface area (Å²) < 4.78 is 21.1. The third-order valence-corrected chi connectivity index (χ3v) is 9.00. The maximum absolute atomic E-state index is 14.6. The number of nitrogens with one attached hydrogen (secondary N) is 2. The minimum atomic E-state index is -1.37. The first-order chi connectivity index (χ1) is 18.7. The average Bonchev–Trinajstić information content (AvgIpc) is 3.16. The summed E-state index contributed by atoms with van der Waals surface area (Å²) in [7, 11) is 0. The molecule has 2 fully saturated rings. The lowest BCUT2D eigenvalue weighted by Gasteiger charge is -2.48. The molecule has 3 aliphatic rings. The van der Waals surface area contributed by atoms with Crippen LogP contribution in [0.15, 0.2) is 54.6 Å². The van der Waals surface area contributed by atoms with E-state index in [-0.39, 0.29) is 24.8 Å². The van der Waals surface area contributed by atoms with Crippen molar-refractivity contribution in [3.63, 3.8) is 0 Å². The highest BCUT2D eigenvalue weighted by molar-refractivity contribution is 6.31. The Morgan fingerprint density at radius 1 is 1.03 bits per heavy atom. The number of anilines is 1. The Balaban J connectivity index is 1.62. The highest BCUT2D eigenvalue weighted by atomic mass is 35.5. The van der Waals surface area contributed by atoms with Gasteiger partial charge in [-0.15, -0.1) is 0 Å². The van der Waals surface area contributed by atoms with Gasteiger partial charge < -0.3 is 20.5 Å². The maximum atomic E-state index is 14.6. The third kappa shape index (κ3) is 4.10. The molecule has 2 amide bonds. The lowest BCUT2D eigenvalue weighted by Crippen LogP contribution is -2.57. The van der Waals surface area contributed by atoms with Crippen LogP contribution in [0.2, 0.25) is 10.0 Å². The molecule has 1 spiro atoms. The molecule has 2 heterocycles. The number of halogens is 3. The average molecular weight is 569 g/mol. The fourth-order valence-corrected chi connectivity index (χ4v) is 6.78. The highest BCUT2D eigenvalue weighted by Crippen LogP contribution is 2.59. The fourth-order valence-electron chi connectivity index (χ4n) is 6.42. The molecule has 3 N–H and O–H groups in total. The molecule has 3 aromatic rings. The van der Waals surface area contributed by atoms with Crippen molar-refractivity contribution in [1.82, 2.24) is 5.32 Å². The summed E-state index contributed by atoms with van der Waals surface area (Å²) in [5, 5.41) is 17.0. The van der Waals surface area contributed by atoms with Gasteiger partial charge in [0.2, 0.25) is 11.8 Å². The van der Waals surface area contributed by atoms with Crippen LogP contribution in [0, 0.1) is 12.7 Å². The minimum Gasteiger partial charge on any atom is -0.485 e. The summed E-state index contributed by atoms with van der Waals surface area (Å²) in [5.41, 5.74) is 0.879. The van der Waals surface area contributed by atoms with Gasteiger partial charge in [0.15, 0.2) is 0 Å². The molecule has 6 nitrogen and oxygen atoms in total. The van der Waals surface area contributed by atoms with E-state index in [1.54, 1.807) is 42.5 Å². The number of amides is 2. The Kier molecular flexibility index (Phi) is 6.36. The second kappa shape index (κ2) is 9.51. The van der Waals surface area contributed by atoms with Crippen LogP contribution in [0.25, 0.3) is 0 Å². The van der Waals surface area contributed by atoms with Crippen LogP contribution in [0.1, 0.15) is 59.9 Å². The third-order valence-electron chi connectivity index (χ3n) is 8.53. The summed E-state index contributed by atoms with van der Waals surface area (Å²) in [6.45, 7) is 1.67. The van der Waals surface area contributed by atoms with E-state index in [1.807, 2.05) is 6.92 Å². The van der Waals surface area contributed by atoms with Crippen LogP contribution >= 0.6 is 23.2 Å². The van der Waals surface area contributed by atoms with E-state index < -0.39 is 28.8 Å². The first kappa shape index (κ1) is 26.1. The van der Waals surface area contributed by atoms with Gasteiger partial charge in [0, 0.05) is 33.6 Å². The number of aryl methyl sites for hydroxylation is 1. The lowest BCUT2D eigenvalue weighted by atomic mass is 9.59. The molecular weight excluding hydrogens is 542 g/mol. The van der Waals surface area contributed by atoms with Crippen molar-refractivity contribution in [1.29, 1.82) is 0 Å². The Bertz CT molecular complexity index is 1500. The number of carbonyl (C=O) groups is 2. The van der Waals surface area contributed by atoms with Gasteiger partial charge in [-0.1, -0.05) is 35.3 Å². The smallest absolute Gasteiger partial charge is 0.238 e. The molecule has 0 bridgehead atoms. The molecule has 9 heteroatoms. The number of benzene rings is 3. The molecule has 3 atom stereocenters. The van der Waals surface area contributed by atoms with Crippen molar-refractivity contribution in [3.05, 3.63) is 92.7 Å². The van der Waals surface area contributed by atoms with Crippen molar-refractivity contribution in [2.24, 2.45) is 0 Å². The molecule has 2 aliphatic heterocycles. The van der Waals surface area contributed by atoms with E-state index in [4.69, 9.17) is 27.9 Å². The second-order valence-electron chi connectivity index (χ2n) is 10.8. The second-order valence-corrected chi connectivity index (χ2v) is 11.6. The van der Waals surface area contributed by atoms with E-state index in [1.165, 1.54) is 12.1 Å². The summed E-state index contributed by atoms with van der Waals surface area (Å²) in [6.07, 6.45) is 2.27. The van der Waals surface area contributed by atoms with Gasteiger partial charge in [-0.25, -0.2) is 4.39 Å². The molecule has 3 aromatic carbocycles. The van der Waals surface area contributed by atoms with Crippen LogP contribution in [-0.4, -0.2) is 29.1 Å². The zero-order valence-electron chi connectivity index (χ0n) is 21.2. The van der Waals surface area contributed by atoms with Crippen molar-refractivity contribution < 1.29 is 23.8 Å². The van der Waals surface area contributed by atoms with Crippen LogP contribution in [0.4, 0.5) is 10.1 Å². The molecule has 6 rings (SSSR count). The largest absolute Gasteiger partial charge is 0.485 e. The Morgan fingerprint density at radius 3 is 2.49 bits per heavy atom. The first-order valence-electron chi connectivity index (χ1n) is 12.9. The SMILES string of the molecule is Cc1ccc(F)cc1C1NC(=O)CC(c2cc(Cl)ccc2OC2(CO)CCC2)C12C(=O)Nc1cc(Cl)ccc12. The zero-order chi connectivity index (χ0) is 27.5. The normalized spacial score (nSPS) is 25.1. The van der Waals surface area contributed by atoms with Gasteiger partial charge in [0.25, 0.3) is 0 Å². The van der Waals surface area contributed by atoms with Crippen LogP contribution in [-0.2, 0) is 15.0 Å². The maximum Gasteiger partial charge on any atom is 0.238 e. The molecule has 1 saturated carbocycles. The van der Waals surface area contributed by atoms with Gasteiger partial charge in [-0.05, 0) is 85.3 Å². The minimum absolute atomic E-state index is 0.0385. The predicted octanol–water partition coefficient (Wildman–Crippen LogP) is 5.97. The van der Waals surface area contributed by atoms with Gasteiger partial charge in [-0.2, -0.15) is 0 Å². The number of aliphatic hydroxyl groups excluding tert-OH is 1. The van der Waals surface area contributed by atoms with E-state index in [0.717, 1.165) is 12.0 Å². The summed E-state index contributed by atoms with van der Waals surface area (Å²) in [6, 6.07) is 13.8. The lowest BCUT2D eigenvalue weighted by molar-refractivity contribution is -0.131. The molecule has 0 radical (unpaired) electrons. The topological polar surface area (TPSA) is 87.7 Å². The van der Waals surface area contributed by atoms with E-state index >= 15 is 0 Å². The van der Waals surface area contributed by atoms with Crippen molar-refractivity contribution in [2.45, 2.75) is 55.6 Å². The van der Waals surface area contributed by atoms with Crippen molar-refractivity contribution in [2.75, 3.05) is 11.9 Å².